The fourth-order valence-electron chi connectivity index (χ4n) is 2.23. The second kappa shape index (κ2) is 10.8. The number of unbranched alkanes of at least 4 members (excludes halogenated alkanes) is 1. The van der Waals surface area contributed by atoms with E-state index in [9.17, 15) is 27.3 Å². The molecule has 158 valence electrons. The number of hydrogen-bond donors (Lipinski definition) is 0. The van der Waals surface area contributed by atoms with Gasteiger partial charge >= 0.3 is 24.8 Å². The smallest absolute Gasteiger partial charge is 0.410 e. The van der Waals surface area contributed by atoms with Crippen LogP contribution in [0.2, 0.25) is 0 Å². The summed E-state index contributed by atoms with van der Waals surface area (Å²) in [5.41, 5.74) is 0. The van der Waals surface area contributed by atoms with E-state index in [4.69, 9.17) is 4.74 Å². The van der Waals surface area contributed by atoms with Crippen LogP contribution in [-0.2, 0) is 9.36 Å². The van der Waals surface area contributed by atoms with Crippen LogP contribution in [0.15, 0.2) is 30.3 Å². The predicted octanol–water partition coefficient (Wildman–Crippen LogP) is 5.56. The quantitative estimate of drug-likeness (QED) is 0.372. The van der Waals surface area contributed by atoms with E-state index in [0.29, 0.717) is 28.9 Å². The molecule has 0 aromatic heterocycles. The zero-order valence-electron chi connectivity index (χ0n) is 15.9. The van der Waals surface area contributed by atoms with Gasteiger partial charge in [0.05, 0.1) is 0 Å². The molecule has 0 N–H and O–H groups in total. The predicted molar refractivity (Wildman–Crippen MR) is 103 cm³/mol. The zero-order valence-corrected chi connectivity index (χ0v) is 17.6. The Morgan fingerprint density at radius 3 is 2.11 bits per heavy atom. The number of amides is 2. The lowest BCUT2D eigenvalue weighted by molar-refractivity contribution is -0.180. The molecule has 0 aliphatic carbocycles. The highest BCUT2D eigenvalue weighted by Crippen LogP contribution is 2.65. The van der Waals surface area contributed by atoms with Gasteiger partial charge in [0.25, 0.3) is 0 Å². The summed E-state index contributed by atoms with van der Waals surface area (Å²) in [6.07, 6.45) is -5.00. The van der Waals surface area contributed by atoms with E-state index < -0.39 is 31.4 Å². The van der Waals surface area contributed by atoms with Crippen LogP contribution < -0.4 is 4.74 Å². The normalized spacial score (nSPS) is 13.5. The average molecular weight is 440 g/mol. The summed E-state index contributed by atoms with van der Waals surface area (Å²) in [5, 5.41) is 0. The van der Waals surface area contributed by atoms with Crippen molar-refractivity contribution >= 4 is 30.0 Å². The number of benzene rings is 1. The molecule has 1 atom stereocenters. The molecule has 0 fully saturated rings. The van der Waals surface area contributed by atoms with Crippen molar-refractivity contribution in [2.75, 3.05) is 18.8 Å². The highest BCUT2D eigenvalue weighted by molar-refractivity contribution is 8.56. The van der Waals surface area contributed by atoms with E-state index in [2.05, 4.69) is 0 Å². The molecule has 1 unspecified atom stereocenters. The first-order valence-corrected chi connectivity index (χ1v) is 12.0. The summed E-state index contributed by atoms with van der Waals surface area (Å²) in [6.45, 7) is -0.320. The minimum Gasteiger partial charge on any atom is -0.410 e. The van der Waals surface area contributed by atoms with E-state index >= 15 is 0 Å². The summed E-state index contributed by atoms with van der Waals surface area (Å²) in [7, 11) is 0. The van der Waals surface area contributed by atoms with E-state index in [-0.39, 0.29) is 22.7 Å². The summed E-state index contributed by atoms with van der Waals surface area (Å²) < 4.78 is 59.0. The van der Waals surface area contributed by atoms with Gasteiger partial charge in [-0.05, 0) is 32.4 Å². The summed E-state index contributed by atoms with van der Waals surface area (Å²) >= 11 is 0.683. The molecule has 0 spiro atoms. The largest absolute Gasteiger partial charge is 0.471 e. The number of carbonyl (C=O) groups excluding carboxylic acids is 2. The molecule has 0 bridgehead atoms. The minimum absolute atomic E-state index is 0.154. The van der Waals surface area contributed by atoms with Gasteiger partial charge in [-0.2, -0.15) is 13.2 Å². The Morgan fingerprint density at radius 2 is 1.64 bits per heavy atom. The Morgan fingerprint density at radius 1 is 1.07 bits per heavy atom. The van der Waals surface area contributed by atoms with Gasteiger partial charge in [0.15, 0.2) is 0 Å². The number of ether oxygens (including phenoxy) is 1. The van der Waals surface area contributed by atoms with Crippen molar-refractivity contribution in [1.82, 2.24) is 9.34 Å². The number of alkyl halides is 3. The van der Waals surface area contributed by atoms with Gasteiger partial charge in [0.2, 0.25) is 0 Å². The van der Waals surface area contributed by atoms with Gasteiger partial charge in [0, 0.05) is 18.8 Å². The third kappa shape index (κ3) is 6.17. The number of nitrogens with zero attached hydrogens (tertiary/aromatic N) is 2. The SMILES string of the molecule is CCCCSP(=O)(N(CC)C(=O)Oc1ccccc1)N(CC)C(=O)C(F)(F)F. The second-order valence-corrected chi connectivity index (χ2v) is 10.4. The standard InChI is InChI=1S/C17H24F3N2O4PS/c1-4-7-13-28-27(25,21(5-2)15(23)17(18,19)20)22(6-3)16(24)26-14-11-9-8-10-12-14/h8-12H,4-7,13H2,1-3H3. The topological polar surface area (TPSA) is 66.9 Å². The van der Waals surface area contributed by atoms with Crippen molar-refractivity contribution in [3.63, 3.8) is 0 Å². The Hall–Kier alpha value is -1.67. The van der Waals surface area contributed by atoms with Gasteiger partial charge in [0.1, 0.15) is 5.75 Å². The van der Waals surface area contributed by atoms with Gasteiger partial charge in [-0.25, -0.2) is 9.46 Å². The van der Waals surface area contributed by atoms with E-state index in [1.165, 1.54) is 26.0 Å². The molecule has 1 aromatic carbocycles. The number of halogens is 3. The Kier molecular flexibility index (Phi) is 9.36. The van der Waals surface area contributed by atoms with Gasteiger partial charge in [-0.15, -0.1) is 0 Å². The van der Waals surface area contributed by atoms with E-state index in [1.54, 1.807) is 18.2 Å². The van der Waals surface area contributed by atoms with E-state index in [1.807, 2.05) is 6.92 Å². The molecule has 0 radical (unpaired) electrons. The lowest BCUT2D eigenvalue weighted by Gasteiger charge is -2.37. The molecule has 0 saturated heterocycles. The maximum Gasteiger partial charge on any atom is 0.471 e. The van der Waals surface area contributed by atoms with Crippen LogP contribution in [0.1, 0.15) is 33.6 Å². The van der Waals surface area contributed by atoms with Crippen molar-refractivity contribution in [3.8, 4) is 5.75 Å². The van der Waals surface area contributed by atoms with Gasteiger partial charge < -0.3 is 4.74 Å². The lowest BCUT2D eigenvalue weighted by Crippen LogP contribution is -2.44. The fourth-order valence-corrected chi connectivity index (χ4v) is 7.79. The van der Waals surface area contributed by atoms with Crippen molar-refractivity contribution in [1.29, 1.82) is 0 Å². The molecule has 28 heavy (non-hydrogen) atoms. The maximum atomic E-state index is 13.7. The molecule has 0 heterocycles. The molecule has 0 aliphatic rings. The van der Waals surface area contributed by atoms with Crippen LogP contribution in [0.4, 0.5) is 18.0 Å². The molecule has 0 saturated carbocycles. The Labute approximate surface area is 166 Å². The van der Waals surface area contributed by atoms with Crippen LogP contribution >= 0.6 is 18.0 Å². The van der Waals surface area contributed by atoms with Crippen molar-refractivity contribution in [2.45, 2.75) is 39.8 Å². The Bertz CT molecular complexity index is 703. The number of carbonyl (C=O) groups is 2. The lowest BCUT2D eigenvalue weighted by atomic mass is 10.3. The Balaban J connectivity index is 3.27. The van der Waals surface area contributed by atoms with Crippen LogP contribution in [0.25, 0.3) is 0 Å². The first-order chi connectivity index (χ1) is 13.1. The van der Waals surface area contributed by atoms with E-state index in [0.717, 1.165) is 0 Å². The molecule has 6 nitrogen and oxygen atoms in total. The van der Waals surface area contributed by atoms with Crippen LogP contribution in [0.5, 0.6) is 5.75 Å². The van der Waals surface area contributed by atoms with Gasteiger partial charge in [-0.1, -0.05) is 42.9 Å². The first kappa shape index (κ1) is 24.4. The summed E-state index contributed by atoms with van der Waals surface area (Å²) in [4.78, 5) is 24.5. The van der Waals surface area contributed by atoms with Crippen LogP contribution in [0.3, 0.4) is 0 Å². The average Bonchev–Trinajstić information content (AvgIpc) is 2.63. The fraction of sp³-hybridized carbons (Fsp3) is 0.529. The third-order valence-electron chi connectivity index (χ3n) is 3.60. The first-order valence-electron chi connectivity index (χ1n) is 8.80. The minimum atomic E-state index is -5.21. The summed E-state index contributed by atoms with van der Waals surface area (Å²) in [6, 6.07) is 7.89. The third-order valence-corrected chi connectivity index (χ3v) is 9.28. The molecule has 0 aliphatic heterocycles. The monoisotopic (exact) mass is 440 g/mol. The highest BCUT2D eigenvalue weighted by atomic mass is 32.7. The zero-order chi connectivity index (χ0) is 21.4. The van der Waals surface area contributed by atoms with Crippen molar-refractivity contribution < 1.29 is 32.1 Å². The van der Waals surface area contributed by atoms with Gasteiger partial charge in [-0.3, -0.25) is 14.0 Å². The van der Waals surface area contributed by atoms with Crippen LogP contribution in [0, 0.1) is 0 Å². The molecule has 1 rings (SSSR count). The molecular weight excluding hydrogens is 416 g/mol. The second-order valence-electron chi connectivity index (χ2n) is 5.59. The number of para-hydroxylation sites is 1. The molecule has 1 aromatic rings. The molecular formula is C17H24F3N2O4PS. The van der Waals surface area contributed by atoms with Crippen molar-refractivity contribution in [2.24, 2.45) is 0 Å². The summed E-state index contributed by atoms with van der Waals surface area (Å²) in [5.74, 6) is -1.86. The maximum absolute atomic E-state index is 13.7. The highest BCUT2D eigenvalue weighted by Gasteiger charge is 2.51. The van der Waals surface area contributed by atoms with Crippen LogP contribution in [-0.4, -0.2) is 46.4 Å². The van der Waals surface area contributed by atoms with Crippen molar-refractivity contribution in [3.05, 3.63) is 30.3 Å². The number of rotatable bonds is 9. The molecule has 2 amide bonds. The molecule has 11 heteroatoms. The number of hydrogen-bond acceptors (Lipinski definition) is 5.